The average Bonchev–Trinajstić information content (AvgIpc) is 2.60. The van der Waals surface area contributed by atoms with E-state index >= 15 is 0 Å². The van der Waals surface area contributed by atoms with Gasteiger partial charge in [0.2, 0.25) is 10.0 Å². The van der Waals surface area contributed by atoms with Gasteiger partial charge in [0.25, 0.3) is 0 Å². The molecule has 7 heteroatoms. The number of nitrogens with two attached hydrogens (primary N) is 1. The third-order valence-electron chi connectivity index (χ3n) is 3.45. The molecule has 1 saturated heterocycles. The molecule has 5 nitrogen and oxygen atoms in total. The van der Waals surface area contributed by atoms with Crippen LogP contribution in [0.5, 0.6) is 0 Å². The summed E-state index contributed by atoms with van der Waals surface area (Å²) in [5.41, 5.74) is 6.47. The van der Waals surface area contributed by atoms with E-state index in [4.69, 9.17) is 5.73 Å². The molecule has 2 N–H and O–H groups in total. The van der Waals surface area contributed by atoms with Crippen molar-refractivity contribution in [2.24, 2.45) is 5.73 Å². The minimum absolute atomic E-state index is 0.279. The van der Waals surface area contributed by atoms with Gasteiger partial charge in [-0.25, -0.2) is 8.42 Å². The molecule has 0 radical (unpaired) electrons. The van der Waals surface area contributed by atoms with Gasteiger partial charge in [0, 0.05) is 31.1 Å². The monoisotopic (exact) mass is 303 g/mol. The van der Waals surface area contributed by atoms with Crippen LogP contribution in [-0.4, -0.2) is 50.8 Å². The van der Waals surface area contributed by atoms with Crippen LogP contribution in [0.25, 0.3) is 0 Å². The van der Waals surface area contributed by atoms with Crippen LogP contribution < -0.4 is 5.73 Å². The summed E-state index contributed by atoms with van der Waals surface area (Å²) in [4.78, 5) is 3.36. The van der Waals surface area contributed by atoms with E-state index in [0.717, 1.165) is 30.0 Å². The molecular weight excluding hydrogens is 282 g/mol. The summed E-state index contributed by atoms with van der Waals surface area (Å²) in [5.74, 6) is 0. The highest BCUT2D eigenvalue weighted by molar-refractivity contribution is 7.89. The molecule has 0 aromatic carbocycles. The van der Waals surface area contributed by atoms with Gasteiger partial charge < -0.3 is 10.6 Å². The zero-order chi connectivity index (χ0) is 14.0. The number of nitrogens with zero attached hydrogens (tertiary/aromatic N) is 2. The van der Waals surface area contributed by atoms with Gasteiger partial charge in [0.05, 0.1) is 0 Å². The Morgan fingerprint density at radius 1 is 1.32 bits per heavy atom. The fourth-order valence-corrected chi connectivity index (χ4v) is 5.49. The normalized spacial score (nSPS) is 19.5. The predicted octanol–water partition coefficient (Wildman–Crippen LogP) is 0.841. The lowest BCUT2D eigenvalue weighted by molar-refractivity contribution is 0.347. The number of sulfonamides is 1. The first-order valence-corrected chi connectivity index (χ1v) is 8.74. The second-order valence-corrected chi connectivity index (χ2v) is 7.78. The standard InChI is InChI=1S/C12H21N3O2S2/c1-10-9-18-11(8-13)12(10)19(16,17)15-5-3-4-14(2)6-7-15/h9H,3-8,13H2,1-2H3. The van der Waals surface area contributed by atoms with Crippen molar-refractivity contribution in [2.75, 3.05) is 33.2 Å². The average molecular weight is 303 g/mol. The van der Waals surface area contributed by atoms with E-state index in [0.29, 0.717) is 18.0 Å². The highest BCUT2D eigenvalue weighted by atomic mass is 32.2. The molecule has 1 aliphatic rings. The number of thiophene rings is 1. The van der Waals surface area contributed by atoms with Crippen molar-refractivity contribution >= 4 is 21.4 Å². The highest BCUT2D eigenvalue weighted by Crippen LogP contribution is 2.29. The number of aryl methyl sites for hydroxylation is 1. The smallest absolute Gasteiger partial charge is 0.244 e. The Hall–Kier alpha value is -0.470. The quantitative estimate of drug-likeness (QED) is 0.898. The fourth-order valence-electron chi connectivity index (χ4n) is 2.37. The molecule has 0 saturated carbocycles. The lowest BCUT2D eigenvalue weighted by Gasteiger charge is -2.21. The Balaban J connectivity index is 2.33. The molecule has 1 fully saturated rings. The van der Waals surface area contributed by atoms with Gasteiger partial charge in [-0.05, 0) is 37.9 Å². The van der Waals surface area contributed by atoms with E-state index in [2.05, 4.69) is 4.90 Å². The number of hydrogen-bond acceptors (Lipinski definition) is 5. The fraction of sp³-hybridized carbons (Fsp3) is 0.667. The van der Waals surface area contributed by atoms with Crippen LogP contribution in [0.15, 0.2) is 10.3 Å². The number of rotatable bonds is 3. The Kier molecular flexibility index (Phi) is 4.62. The third kappa shape index (κ3) is 3.00. The molecule has 0 atom stereocenters. The Morgan fingerprint density at radius 3 is 2.74 bits per heavy atom. The van der Waals surface area contributed by atoms with Crippen molar-refractivity contribution in [1.29, 1.82) is 0 Å². The van der Waals surface area contributed by atoms with Crippen molar-refractivity contribution in [1.82, 2.24) is 9.21 Å². The van der Waals surface area contributed by atoms with Gasteiger partial charge in [-0.15, -0.1) is 11.3 Å². The Labute approximate surface area is 119 Å². The second-order valence-electron chi connectivity index (χ2n) is 4.94. The molecule has 1 aromatic heterocycles. The van der Waals surface area contributed by atoms with Crippen LogP contribution in [-0.2, 0) is 16.6 Å². The maximum atomic E-state index is 12.8. The van der Waals surface area contributed by atoms with E-state index in [1.165, 1.54) is 11.3 Å². The summed E-state index contributed by atoms with van der Waals surface area (Å²) in [6.45, 7) is 4.98. The lowest BCUT2D eigenvalue weighted by Crippen LogP contribution is -2.35. The molecule has 0 spiro atoms. The van der Waals surface area contributed by atoms with Gasteiger partial charge >= 0.3 is 0 Å². The molecule has 0 bridgehead atoms. The molecule has 0 aliphatic carbocycles. The van der Waals surface area contributed by atoms with Gasteiger partial charge in [-0.3, -0.25) is 0 Å². The number of likely N-dealkylation sites (N-methyl/N-ethyl adjacent to an activating group) is 1. The third-order valence-corrected chi connectivity index (χ3v) is 6.84. The Morgan fingerprint density at radius 2 is 2.05 bits per heavy atom. The minimum atomic E-state index is -3.40. The topological polar surface area (TPSA) is 66.6 Å². The largest absolute Gasteiger partial charge is 0.326 e. The maximum Gasteiger partial charge on any atom is 0.244 e. The lowest BCUT2D eigenvalue weighted by atomic mass is 10.3. The molecular formula is C12H21N3O2S2. The van der Waals surface area contributed by atoms with Crippen molar-refractivity contribution < 1.29 is 8.42 Å². The first kappa shape index (κ1) is 14.9. The van der Waals surface area contributed by atoms with E-state index in [9.17, 15) is 8.42 Å². The van der Waals surface area contributed by atoms with Crippen molar-refractivity contribution in [3.8, 4) is 0 Å². The van der Waals surface area contributed by atoms with Crippen LogP contribution >= 0.6 is 11.3 Å². The van der Waals surface area contributed by atoms with Crippen LogP contribution in [0.4, 0.5) is 0 Å². The van der Waals surface area contributed by atoms with Crippen LogP contribution in [0.2, 0.25) is 0 Å². The Bertz CT molecular complexity index is 539. The van der Waals surface area contributed by atoms with E-state index in [1.807, 2.05) is 19.4 Å². The maximum absolute atomic E-state index is 12.8. The minimum Gasteiger partial charge on any atom is -0.326 e. The predicted molar refractivity (Wildman–Crippen MR) is 77.8 cm³/mol. The molecule has 19 heavy (non-hydrogen) atoms. The van der Waals surface area contributed by atoms with Crippen molar-refractivity contribution in [3.63, 3.8) is 0 Å². The molecule has 0 unspecified atom stereocenters. The summed E-state index contributed by atoms with van der Waals surface area (Å²) in [7, 11) is -1.38. The van der Waals surface area contributed by atoms with E-state index in [-0.39, 0.29) is 6.54 Å². The molecule has 2 heterocycles. The van der Waals surface area contributed by atoms with E-state index < -0.39 is 10.0 Å². The van der Waals surface area contributed by atoms with Gasteiger partial charge in [-0.1, -0.05) is 0 Å². The van der Waals surface area contributed by atoms with Gasteiger partial charge in [-0.2, -0.15) is 4.31 Å². The molecule has 1 aliphatic heterocycles. The second kappa shape index (κ2) is 5.88. The van der Waals surface area contributed by atoms with Crippen LogP contribution in [0.1, 0.15) is 16.9 Å². The SMILES string of the molecule is Cc1csc(CN)c1S(=O)(=O)N1CCCN(C)CC1. The summed E-state index contributed by atoms with van der Waals surface area (Å²) in [5, 5.41) is 1.87. The van der Waals surface area contributed by atoms with Crippen molar-refractivity contribution in [3.05, 3.63) is 15.8 Å². The van der Waals surface area contributed by atoms with Crippen LogP contribution in [0, 0.1) is 6.92 Å². The molecule has 2 rings (SSSR count). The first-order chi connectivity index (χ1) is 8.96. The molecule has 0 amide bonds. The van der Waals surface area contributed by atoms with E-state index in [1.54, 1.807) is 4.31 Å². The van der Waals surface area contributed by atoms with Gasteiger partial charge in [0.15, 0.2) is 0 Å². The molecule has 1 aromatic rings. The summed E-state index contributed by atoms with van der Waals surface area (Å²) in [6.07, 6.45) is 0.872. The van der Waals surface area contributed by atoms with Crippen LogP contribution in [0.3, 0.4) is 0 Å². The molecule has 108 valence electrons. The zero-order valence-corrected chi connectivity index (χ0v) is 13.1. The summed E-state index contributed by atoms with van der Waals surface area (Å²) in [6, 6.07) is 0. The zero-order valence-electron chi connectivity index (χ0n) is 11.4. The van der Waals surface area contributed by atoms with Crippen molar-refractivity contribution in [2.45, 2.75) is 24.8 Å². The number of hydrogen-bond donors (Lipinski definition) is 1. The highest BCUT2D eigenvalue weighted by Gasteiger charge is 2.30. The van der Waals surface area contributed by atoms with Gasteiger partial charge in [0.1, 0.15) is 4.90 Å². The summed E-state index contributed by atoms with van der Waals surface area (Å²) < 4.78 is 27.1. The first-order valence-electron chi connectivity index (χ1n) is 6.42. The summed E-state index contributed by atoms with van der Waals surface area (Å²) >= 11 is 1.43.